The third kappa shape index (κ3) is 5.80. The fourth-order valence-corrected chi connectivity index (χ4v) is 3.24. The number of benzene rings is 1. The monoisotopic (exact) mass is 410 g/mol. The minimum Gasteiger partial charge on any atom is -0.507 e. The van der Waals surface area contributed by atoms with Gasteiger partial charge in [-0.05, 0) is 70.7 Å². The minimum absolute atomic E-state index is 0.0296. The van der Waals surface area contributed by atoms with Crippen molar-refractivity contribution in [3.63, 3.8) is 0 Å². The summed E-state index contributed by atoms with van der Waals surface area (Å²) in [5.74, 6) is -0.329. The Morgan fingerprint density at radius 2 is 1.87 bits per heavy atom. The van der Waals surface area contributed by atoms with Gasteiger partial charge >= 0.3 is 5.63 Å². The highest BCUT2D eigenvalue weighted by Crippen LogP contribution is 2.29. The summed E-state index contributed by atoms with van der Waals surface area (Å²) in [6.45, 7) is 9.16. The van der Waals surface area contributed by atoms with Crippen molar-refractivity contribution in [3.05, 3.63) is 74.7 Å². The second-order valence-corrected chi connectivity index (χ2v) is 7.90. The van der Waals surface area contributed by atoms with E-state index < -0.39 is 11.7 Å². The van der Waals surface area contributed by atoms with Crippen LogP contribution in [0, 0.1) is 6.92 Å². The predicted molar refractivity (Wildman–Crippen MR) is 120 cm³/mol. The van der Waals surface area contributed by atoms with Gasteiger partial charge in [-0.1, -0.05) is 35.4 Å². The zero-order valence-corrected chi connectivity index (χ0v) is 18.3. The normalized spacial score (nSPS) is 13.4. The number of hydrogen-bond donors (Lipinski definition) is 2. The Bertz CT molecular complexity index is 1080. The zero-order chi connectivity index (χ0) is 22.4. The number of carbonyl (C=O) groups is 1. The Hall–Kier alpha value is -2.92. The SMILES string of the molecule is CC(C)=C[C@H](O)C(=O)C(C)=CCCC(C)=CCc1c(O)c2c(C)cccc2oc1=O. The smallest absolute Gasteiger partial charge is 0.343 e. The molecular formula is C25H30O5. The number of Topliss-reactive ketones (excluding diaryl/α,β-unsaturated/α-hetero) is 1. The fraction of sp³-hybridized carbons (Fsp3) is 0.360. The number of aryl methyl sites for hydroxylation is 1. The number of ketones is 1. The van der Waals surface area contributed by atoms with Crippen molar-refractivity contribution >= 4 is 16.8 Å². The van der Waals surface area contributed by atoms with Crippen LogP contribution in [0.3, 0.4) is 0 Å². The summed E-state index contributed by atoms with van der Waals surface area (Å²) in [4.78, 5) is 24.4. The standard InChI is InChI=1S/C25H30O5/c1-15(2)14-20(26)23(27)18(5)10-6-8-16(3)12-13-19-24(28)22-17(4)9-7-11-21(22)30-25(19)29/h7,9-12,14,20,26,28H,6,8,13H2,1-5H3/t20-/m0/s1. The molecule has 0 bridgehead atoms. The number of rotatable bonds is 8. The molecule has 0 aliphatic heterocycles. The third-order valence-electron chi connectivity index (χ3n) is 5.00. The highest BCUT2D eigenvalue weighted by molar-refractivity contribution is 5.99. The minimum atomic E-state index is -1.11. The van der Waals surface area contributed by atoms with Crippen molar-refractivity contribution < 1.29 is 19.4 Å². The highest BCUT2D eigenvalue weighted by atomic mass is 16.4. The van der Waals surface area contributed by atoms with E-state index in [0.717, 1.165) is 16.7 Å². The lowest BCUT2D eigenvalue weighted by molar-refractivity contribution is -0.121. The summed E-state index contributed by atoms with van der Waals surface area (Å²) in [7, 11) is 0. The average Bonchev–Trinajstić information content (AvgIpc) is 2.66. The molecule has 5 nitrogen and oxygen atoms in total. The van der Waals surface area contributed by atoms with Crippen LogP contribution in [-0.2, 0) is 11.2 Å². The molecule has 2 aromatic rings. The first-order chi connectivity index (χ1) is 14.1. The van der Waals surface area contributed by atoms with Crippen LogP contribution in [0.4, 0.5) is 0 Å². The van der Waals surface area contributed by atoms with Crippen molar-refractivity contribution in [3.8, 4) is 5.75 Å². The Morgan fingerprint density at radius 1 is 1.17 bits per heavy atom. The lowest BCUT2D eigenvalue weighted by Gasteiger charge is -2.08. The van der Waals surface area contributed by atoms with Gasteiger partial charge in [0.05, 0.1) is 10.9 Å². The molecule has 0 saturated heterocycles. The van der Waals surface area contributed by atoms with Crippen molar-refractivity contribution in [1.82, 2.24) is 0 Å². The molecule has 1 aromatic carbocycles. The van der Waals surface area contributed by atoms with Crippen LogP contribution in [0.1, 0.15) is 51.7 Å². The summed E-state index contributed by atoms with van der Waals surface area (Å²) in [5, 5.41) is 21.0. The molecule has 0 spiro atoms. The lowest BCUT2D eigenvalue weighted by Crippen LogP contribution is -2.18. The van der Waals surface area contributed by atoms with Gasteiger partial charge < -0.3 is 14.6 Å². The Labute approximate surface area is 177 Å². The van der Waals surface area contributed by atoms with E-state index in [1.807, 2.05) is 45.9 Å². The van der Waals surface area contributed by atoms with Crippen molar-refractivity contribution in [2.24, 2.45) is 0 Å². The number of aliphatic hydroxyl groups is 1. The molecule has 0 aliphatic carbocycles. The first-order valence-electron chi connectivity index (χ1n) is 10.1. The second-order valence-electron chi connectivity index (χ2n) is 7.90. The molecule has 0 unspecified atom stereocenters. The summed E-state index contributed by atoms with van der Waals surface area (Å²) < 4.78 is 5.36. The van der Waals surface area contributed by atoms with Crippen LogP contribution in [0.2, 0.25) is 0 Å². The number of allylic oxidation sites excluding steroid dienone is 4. The molecule has 0 fully saturated rings. The molecule has 1 atom stereocenters. The van der Waals surface area contributed by atoms with Crippen molar-refractivity contribution in [2.75, 3.05) is 0 Å². The van der Waals surface area contributed by atoms with Gasteiger partial charge in [0.2, 0.25) is 0 Å². The lowest BCUT2D eigenvalue weighted by atomic mass is 10.0. The molecule has 1 aromatic heterocycles. The molecule has 1 heterocycles. The molecule has 0 aliphatic rings. The third-order valence-corrected chi connectivity index (χ3v) is 5.00. The quantitative estimate of drug-likeness (QED) is 0.366. The Morgan fingerprint density at radius 3 is 2.53 bits per heavy atom. The Kier molecular flexibility index (Phi) is 7.95. The average molecular weight is 411 g/mol. The van der Waals surface area contributed by atoms with E-state index in [9.17, 15) is 19.8 Å². The highest BCUT2D eigenvalue weighted by Gasteiger charge is 2.15. The van der Waals surface area contributed by atoms with Gasteiger partial charge in [-0.15, -0.1) is 0 Å². The summed E-state index contributed by atoms with van der Waals surface area (Å²) >= 11 is 0. The van der Waals surface area contributed by atoms with Crippen molar-refractivity contribution in [2.45, 2.75) is 60.0 Å². The number of hydrogen-bond acceptors (Lipinski definition) is 5. The van der Waals surface area contributed by atoms with Gasteiger partial charge in [0.15, 0.2) is 5.78 Å². The van der Waals surface area contributed by atoms with Gasteiger partial charge in [0, 0.05) is 6.42 Å². The van der Waals surface area contributed by atoms with Gasteiger partial charge in [0.25, 0.3) is 0 Å². The molecule has 0 amide bonds. The number of fused-ring (bicyclic) bond motifs is 1. The fourth-order valence-electron chi connectivity index (χ4n) is 3.24. The maximum atomic E-state index is 12.3. The molecule has 2 N–H and O–H groups in total. The van der Waals surface area contributed by atoms with Crippen molar-refractivity contribution in [1.29, 1.82) is 0 Å². The molecule has 0 radical (unpaired) electrons. The largest absolute Gasteiger partial charge is 0.507 e. The first-order valence-corrected chi connectivity index (χ1v) is 10.1. The number of aromatic hydroxyl groups is 1. The van der Waals surface area contributed by atoms with E-state index in [1.165, 1.54) is 6.08 Å². The Balaban J connectivity index is 2.08. The van der Waals surface area contributed by atoms with Crippen LogP contribution in [0.25, 0.3) is 11.0 Å². The molecule has 160 valence electrons. The van der Waals surface area contributed by atoms with Gasteiger partial charge in [-0.2, -0.15) is 0 Å². The molecule has 30 heavy (non-hydrogen) atoms. The predicted octanol–water partition coefficient (Wildman–Crippen LogP) is 4.92. The number of aliphatic hydroxyl groups excluding tert-OH is 1. The van der Waals surface area contributed by atoms with Crippen LogP contribution < -0.4 is 5.63 Å². The summed E-state index contributed by atoms with van der Waals surface area (Å²) in [6, 6.07) is 5.30. The van der Waals surface area contributed by atoms with Crippen LogP contribution in [-0.4, -0.2) is 22.1 Å². The first kappa shape index (κ1) is 23.4. The van der Waals surface area contributed by atoms with Crippen LogP contribution in [0.15, 0.2) is 62.4 Å². The summed E-state index contributed by atoms with van der Waals surface area (Å²) in [5.41, 5.74) is 3.36. The molecular weight excluding hydrogens is 380 g/mol. The van der Waals surface area contributed by atoms with E-state index >= 15 is 0 Å². The second kappa shape index (κ2) is 10.2. The van der Waals surface area contributed by atoms with E-state index in [-0.39, 0.29) is 23.5 Å². The number of carbonyl (C=O) groups excluding carboxylic acids is 1. The summed E-state index contributed by atoms with van der Waals surface area (Å²) in [6.07, 6.45) is 5.73. The topological polar surface area (TPSA) is 87.7 Å². The molecule has 5 heteroatoms. The molecule has 0 saturated carbocycles. The maximum Gasteiger partial charge on any atom is 0.343 e. The van der Waals surface area contributed by atoms with E-state index in [1.54, 1.807) is 19.1 Å². The zero-order valence-electron chi connectivity index (χ0n) is 18.3. The molecule has 2 rings (SSSR count). The van der Waals surface area contributed by atoms with Crippen LogP contribution in [0.5, 0.6) is 5.75 Å². The van der Waals surface area contributed by atoms with Gasteiger partial charge in [-0.3, -0.25) is 4.79 Å². The van der Waals surface area contributed by atoms with E-state index in [2.05, 4.69) is 0 Å². The van der Waals surface area contributed by atoms with Crippen LogP contribution >= 0.6 is 0 Å². The maximum absolute atomic E-state index is 12.3. The van der Waals surface area contributed by atoms with Gasteiger partial charge in [0.1, 0.15) is 17.4 Å². The van der Waals surface area contributed by atoms with E-state index in [0.29, 0.717) is 29.4 Å². The van der Waals surface area contributed by atoms with Gasteiger partial charge in [-0.25, -0.2) is 4.79 Å². The van der Waals surface area contributed by atoms with E-state index in [4.69, 9.17) is 4.42 Å².